The number of hydrogen-bond acceptors (Lipinski definition) is 2. The molecule has 0 aromatic carbocycles. The normalized spacial score (nSPS) is 26.6. The van der Waals surface area contributed by atoms with Gasteiger partial charge in [0.15, 0.2) is 0 Å². The van der Waals surface area contributed by atoms with Crippen LogP contribution in [0.15, 0.2) is 0 Å². The second kappa shape index (κ2) is 3.34. The zero-order valence-electron chi connectivity index (χ0n) is 5.84. The predicted octanol–water partition coefficient (Wildman–Crippen LogP) is 0.586. The molecule has 3 nitrogen and oxygen atoms in total. The van der Waals surface area contributed by atoms with E-state index in [1.54, 1.807) is 11.8 Å². The Labute approximate surface area is 68.5 Å². The van der Waals surface area contributed by atoms with Crippen LogP contribution in [0, 0.1) is 0 Å². The highest BCUT2D eigenvalue weighted by molar-refractivity contribution is 9.09. The van der Waals surface area contributed by atoms with Gasteiger partial charge in [-0.05, 0) is 0 Å². The van der Waals surface area contributed by atoms with Crippen LogP contribution in [-0.2, 0) is 9.53 Å². The number of halogens is 1. The molecular formula is C6H10BrNO2. The van der Waals surface area contributed by atoms with E-state index >= 15 is 0 Å². The number of amides is 1. The molecule has 1 aliphatic rings. The maximum absolute atomic E-state index is 10.8. The third kappa shape index (κ3) is 1.95. The topological polar surface area (TPSA) is 29.5 Å². The van der Waals surface area contributed by atoms with Crippen molar-refractivity contribution in [2.75, 3.05) is 19.7 Å². The summed E-state index contributed by atoms with van der Waals surface area (Å²) in [6, 6.07) is 0. The molecule has 0 spiro atoms. The first-order valence-corrected chi connectivity index (χ1v) is 4.13. The van der Waals surface area contributed by atoms with Gasteiger partial charge in [-0.2, -0.15) is 0 Å². The molecule has 1 amide bonds. The zero-order chi connectivity index (χ0) is 7.56. The summed E-state index contributed by atoms with van der Waals surface area (Å²) in [5.74, 6) is 0.118. The van der Waals surface area contributed by atoms with E-state index in [9.17, 15) is 4.79 Å². The first kappa shape index (κ1) is 8.01. The van der Waals surface area contributed by atoms with Crippen LogP contribution in [-0.4, -0.2) is 35.5 Å². The van der Waals surface area contributed by atoms with Crippen molar-refractivity contribution in [3.63, 3.8) is 0 Å². The van der Waals surface area contributed by atoms with Gasteiger partial charge in [-0.25, -0.2) is 0 Å². The third-order valence-corrected chi connectivity index (χ3v) is 2.02. The Morgan fingerprint density at radius 2 is 2.50 bits per heavy atom. The van der Waals surface area contributed by atoms with Crippen LogP contribution in [0.4, 0.5) is 0 Å². The van der Waals surface area contributed by atoms with Crippen molar-refractivity contribution in [3.8, 4) is 0 Å². The molecule has 0 bridgehead atoms. The Bertz CT molecular complexity index is 140. The summed E-state index contributed by atoms with van der Waals surface area (Å²) in [4.78, 5) is 12.6. The van der Waals surface area contributed by atoms with Gasteiger partial charge in [-0.15, -0.1) is 0 Å². The van der Waals surface area contributed by atoms with Crippen molar-refractivity contribution in [3.05, 3.63) is 0 Å². The Balaban J connectivity index is 2.39. The monoisotopic (exact) mass is 207 g/mol. The summed E-state index contributed by atoms with van der Waals surface area (Å²) >= 11 is 3.28. The van der Waals surface area contributed by atoms with Gasteiger partial charge in [0.25, 0.3) is 0 Å². The molecule has 1 fully saturated rings. The molecule has 0 saturated carbocycles. The highest BCUT2D eigenvalue weighted by atomic mass is 79.9. The standard InChI is InChI=1S/C6H10BrNO2/c1-5(9)8-2-3-10-6(7)4-8/h6H,2-4H2,1H3. The lowest BCUT2D eigenvalue weighted by Crippen LogP contribution is -2.42. The van der Waals surface area contributed by atoms with E-state index < -0.39 is 0 Å². The number of morpholine rings is 1. The first-order chi connectivity index (χ1) is 4.70. The fourth-order valence-corrected chi connectivity index (χ4v) is 1.43. The summed E-state index contributed by atoms with van der Waals surface area (Å²) in [7, 11) is 0. The van der Waals surface area contributed by atoms with Crippen LogP contribution in [0.3, 0.4) is 0 Å². The quantitative estimate of drug-likeness (QED) is 0.545. The Morgan fingerprint density at radius 1 is 1.80 bits per heavy atom. The average Bonchev–Trinajstić information content (AvgIpc) is 1.88. The summed E-state index contributed by atoms with van der Waals surface area (Å²) in [5, 5.41) is 0.0187. The smallest absolute Gasteiger partial charge is 0.219 e. The summed E-state index contributed by atoms with van der Waals surface area (Å²) in [6.45, 7) is 3.59. The van der Waals surface area contributed by atoms with E-state index in [1.807, 2.05) is 0 Å². The average molecular weight is 208 g/mol. The molecule has 1 atom stereocenters. The van der Waals surface area contributed by atoms with Gasteiger partial charge >= 0.3 is 0 Å². The molecule has 0 N–H and O–H groups in total. The molecule has 1 heterocycles. The second-order valence-electron chi connectivity index (χ2n) is 2.25. The molecule has 58 valence electrons. The molecule has 0 aromatic rings. The molecule has 1 rings (SSSR count). The Morgan fingerprint density at radius 3 is 2.90 bits per heavy atom. The van der Waals surface area contributed by atoms with Gasteiger partial charge in [0.2, 0.25) is 5.91 Å². The van der Waals surface area contributed by atoms with Gasteiger partial charge in [0, 0.05) is 13.5 Å². The fraction of sp³-hybridized carbons (Fsp3) is 0.833. The largest absolute Gasteiger partial charge is 0.363 e. The van der Waals surface area contributed by atoms with Gasteiger partial charge < -0.3 is 9.64 Å². The lowest BCUT2D eigenvalue weighted by molar-refractivity contribution is -0.133. The van der Waals surface area contributed by atoms with Crippen molar-refractivity contribution in [1.29, 1.82) is 0 Å². The van der Waals surface area contributed by atoms with Crippen molar-refractivity contribution in [2.45, 2.75) is 11.9 Å². The van der Waals surface area contributed by atoms with E-state index in [-0.39, 0.29) is 10.9 Å². The van der Waals surface area contributed by atoms with Crippen LogP contribution in [0.25, 0.3) is 0 Å². The van der Waals surface area contributed by atoms with Crippen LogP contribution in [0.1, 0.15) is 6.92 Å². The molecular weight excluding hydrogens is 198 g/mol. The number of carbonyl (C=O) groups is 1. The van der Waals surface area contributed by atoms with Crippen molar-refractivity contribution < 1.29 is 9.53 Å². The number of rotatable bonds is 0. The molecule has 0 radical (unpaired) electrons. The van der Waals surface area contributed by atoms with Crippen molar-refractivity contribution >= 4 is 21.8 Å². The molecule has 1 aliphatic heterocycles. The molecule has 4 heteroatoms. The minimum Gasteiger partial charge on any atom is -0.363 e. The van der Waals surface area contributed by atoms with Crippen LogP contribution in [0.5, 0.6) is 0 Å². The summed E-state index contributed by atoms with van der Waals surface area (Å²) < 4.78 is 5.18. The van der Waals surface area contributed by atoms with E-state index in [2.05, 4.69) is 15.9 Å². The number of ether oxygens (including phenoxy) is 1. The van der Waals surface area contributed by atoms with Crippen LogP contribution < -0.4 is 0 Å². The van der Waals surface area contributed by atoms with Crippen molar-refractivity contribution in [1.82, 2.24) is 4.90 Å². The molecule has 1 saturated heterocycles. The van der Waals surface area contributed by atoms with Gasteiger partial charge in [0.05, 0.1) is 13.2 Å². The Hall–Kier alpha value is -0.0900. The minimum absolute atomic E-state index is 0.0187. The maximum Gasteiger partial charge on any atom is 0.219 e. The van der Waals surface area contributed by atoms with E-state index in [4.69, 9.17) is 4.74 Å². The predicted molar refractivity (Wildman–Crippen MR) is 40.9 cm³/mol. The molecule has 0 aliphatic carbocycles. The maximum atomic E-state index is 10.8. The third-order valence-electron chi connectivity index (χ3n) is 1.47. The lowest BCUT2D eigenvalue weighted by atomic mass is 10.4. The Kier molecular flexibility index (Phi) is 2.68. The molecule has 1 unspecified atom stereocenters. The number of hydrogen-bond donors (Lipinski definition) is 0. The fourth-order valence-electron chi connectivity index (χ4n) is 0.894. The number of nitrogens with zero attached hydrogens (tertiary/aromatic N) is 1. The minimum atomic E-state index is 0.0187. The summed E-state index contributed by atoms with van der Waals surface area (Å²) in [5.41, 5.74) is 0. The van der Waals surface area contributed by atoms with Crippen LogP contribution >= 0.6 is 15.9 Å². The second-order valence-corrected chi connectivity index (χ2v) is 3.27. The highest BCUT2D eigenvalue weighted by Gasteiger charge is 2.18. The number of alkyl halides is 1. The highest BCUT2D eigenvalue weighted by Crippen LogP contribution is 2.09. The van der Waals surface area contributed by atoms with Gasteiger partial charge in [-0.1, -0.05) is 15.9 Å². The number of carbonyl (C=O) groups excluding carboxylic acids is 1. The zero-order valence-corrected chi connectivity index (χ0v) is 7.43. The summed E-state index contributed by atoms with van der Waals surface area (Å²) in [6.07, 6.45) is 0. The van der Waals surface area contributed by atoms with Gasteiger partial charge in [-0.3, -0.25) is 4.79 Å². The molecule has 0 aromatic heterocycles. The molecule has 10 heavy (non-hydrogen) atoms. The van der Waals surface area contributed by atoms with E-state index in [0.717, 1.165) is 6.54 Å². The van der Waals surface area contributed by atoms with Crippen molar-refractivity contribution in [2.24, 2.45) is 0 Å². The lowest BCUT2D eigenvalue weighted by Gasteiger charge is -2.29. The first-order valence-electron chi connectivity index (χ1n) is 3.21. The van der Waals surface area contributed by atoms with E-state index in [0.29, 0.717) is 13.2 Å². The van der Waals surface area contributed by atoms with E-state index in [1.165, 1.54) is 0 Å². The van der Waals surface area contributed by atoms with Crippen LogP contribution in [0.2, 0.25) is 0 Å². The van der Waals surface area contributed by atoms with Gasteiger partial charge in [0.1, 0.15) is 5.01 Å². The SMILES string of the molecule is CC(=O)N1CCOC(Br)C1.